The minimum Gasteiger partial charge on any atom is -0.395 e. The van der Waals surface area contributed by atoms with Crippen molar-refractivity contribution in [3.63, 3.8) is 0 Å². The van der Waals surface area contributed by atoms with Crippen molar-refractivity contribution in [1.82, 2.24) is 9.88 Å². The molecule has 0 unspecified atom stereocenters. The van der Waals surface area contributed by atoms with E-state index in [1.54, 1.807) is 30.1 Å². The lowest BCUT2D eigenvalue weighted by atomic mass is 10.2. The van der Waals surface area contributed by atoms with Crippen molar-refractivity contribution in [2.75, 3.05) is 25.5 Å². The van der Waals surface area contributed by atoms with Crippen molar-refractivity contribution in [3.05, 3.63) is 23.9 Å². The largest absolute Gasteiger partial charge is 0.395 e. The number of aromatic nitrogens is 1. The zero-order valence-corrected chi connectivity index (χ0v) is 10.5. The number of hydrogen-bond donors (Lipinski definition) is 2. The number of hydrogen-bond acceptors (Lipinski definition) is 4. The third-order valence-electron chi connectivity index (χ3n) is 2.45. The highest BCUT2D eigenvalue weighted by atomic mass is 16.3. The number of aliphatic hydroxyl groups excluding tert-OH is 1. The van der Waals surface area contributed by atoms with Crippen molar-refractivity contribution in [3.8, 4) is 0 Å². The van der Waals surface area contributed by atoms with Crippen LogP contribution in [0.1, 0.15) is 24.3 Å². The summed E-state index contributed by atoms with van der Waals surface area (Å²) in [5.41, 5.74) is 0.388. The van der Waals surface area contributed by atoms with Crippen LogP contribution in [-0.4, -0.2) is 47.1 Å². The third-order valence-corrected chi connectivity index (χ3v) is 2.45. The van der Waals surface area contributed by atoms with E-state index in [4.69, 9.17) is 5.11 Å². The highest BCUT2D eigenvalue weighted by Gasteiger charge is 2.19. The van der Waals surface area contributed by atoms with Gasteiger partial charge in [-0.2, -0.15) is 0 Å². The average molecular weight is 237 g/mol. The van der Waals surface area contributed by atoms with Crippen LogP contribution in [0.2, 0.25) is 0 Å². The van der Waals surface area contributed by atoms with Crippen LogP contribution in [0.5, 0.6) is 0 Å². The molecule has 1 heterocycles. The van der Waals surface area contributed by atoms with Gasteiger partial charge >= 0.3 is 0 Å². The van der Waals surface area contributed by atoms with Crippen LogP contribution in [-0.2, 0) is 0 Å². The number of anilines is 1. The van der Waals surface area contributed by atoms with Crippen molar-refractivity contribution in [2.45, 2.75) is 19.9 Å². The Hall–Kier alpha value is -1.62. The van der Waals surface area contributed by atoms with Gasteiger partial charge in [-0.25, -0.2) is 4.98 Å². The van der Waals surface area contributed by atoms with Gasteiger partial charge in [0.05, 0.1) is 6.61 Å². The van der Waals surface area contributed by atoms with E-state index in [0.717, 1.165) is 0 Å². The smallest absolute Gasteiger partial charge is 0.272 e. The van der Waals surface area contributed by atoms with E-state index < -0.39 is 0 Å². The lowest BCUT2D eigenvalue weighted by Crippen LogP contribution is -2.39. The Morgan fingerprint density at radius 2 is 2.24 bits per heavy atom. The van der Waals surface area contributed by atoms with Crippen LogP contribution in [0.3, 0.4) is 0 Å². The molecule has 94 valence electrons. The summed E-state index contributed by atoms with van der Waals surface area (Å²) in [4.78, 5) is 18.0. The molecule has 17 heavy (non-hydrogen) atoms. The maximum atomic E-state index is 12.2. The predicted molar refractivity (Wildman–Crippen MR) is 67.0 cm³/mol. The van der Waals surface area contributed by atoms with Gasteiger partial charge in [0.15, 0.2) is 0 Å². The molecular weight excluding hydrogens is 218 g/mol. The van der Waals surface area contributed by atoms with Crippen molar-refractivity contribution >= 4 is 11.7 Å². The molecule has 1 rings (SSSR count). The molecule has 0 atom stereocenters. The summed E-state index contributed by atoms with van der Waals surface area (Å²) in [5.74, 6) is 0.495. The zero-order valence-electron chi connectivity index (χ0n) is 10.5. The molecule has 0 radical (unpaired) electrons. The molecule has 0 saturated heterocycles. The van der Waals surface area contributed by atoms with E-state index in [2.05, 4.69) is 10.3 Å². The number of nitrogens with zero attached hydrogens (tertiary/aromatic N) is 2. The first-order chi connectivity index (χ1) is 8.10. The normalized spacial score (nSPS) is 10.4. The van der Waals surface area contributed by atoms with Crippen LogP contribution >= 0.6 is 0 Å². The molecule has 0 aliphatic carbocycles. The van der Waals surface area contributed by atoms with Gasteiger partial charge in [0.25, 0.3) is 5.91 Å². The first kappa shape index (κ1) is 13.4. The van der Waals surface area contributed by atoms with Gasteiger partial charge in [-0.3, -0.25) is 4.79 Å². The minimum absolute atomic E-state index is 0.0368. The van der Waals surface area contributed by atoms with Crippen LogP contribution in [0, 0.1) is 0 Å². The van der Waals surface area contributed by atoms with E-state index in [1.165, 1.54) is 0 Å². The van der Waals surface area contributed by atoms with E-state index in [9.17, 15) is 4.79 Å². The van der Waals surface area contributed by atoms with E-state index in [0.29, 0.717) is 18.1 Å². The highest BCUT2D eigenvalue weighted by Crippen LogP contribution is 2.09. The molecule has 5 nitrogen and oxygen atoms in total. The molecule has 5 heteroatoms. The van der Waals surface area contributed by atoms with Crippen molar-refractivity contribution in [1.29, 1.82) is 0 Å². The molecule has 0 spiro atoms. The quantitative estimate of drug-likeness (QED) is 0.800. The number of rotatable bonds is 5. The summed E-state index contributed by atoms with van der Waals surface area (Å²) in [6.45, 7) is 4.10. The predicted octanol–water partition coefficient (Wildman–Crippen LogP) is 0.966. The summed E-state index contributed by atoms with van der Waals surface area (Å²) in [7, 11) is 1.75. The van der Waals surface area contributed by atoms with Gasteiger partial charge in [0, 0.05) is 19.6 Å². The van der Waals surface area contributed by atoms with Crippen molar-refractivity contribution in [2.24, 2.45) is 0 Å². The molecule has 0 fully saturated rings. The molecular formula is C12H19N3O2. The Labute approximate surface area is 101 Å². The van der Waals surface area contributed by atoms with Gasteiger partial charge in [-0.15, -0.1) is 0 Å². The SMILES string of the molecule is CNc1cccc(C(=O)N(CCO)C(C)C)n1. The van der Waals surface area contributed by atoms with Gasteiger partial charge in [-0.05, 0) is 26.0 Å². The fourth-order valence-electron chi connectivity index (χ4n) is 1.54. The van der Waals surface area contributed by atoms with Gasteiger partial charge in [0.2, 0.25) is 0 Å². The van der Waals surface area contributed by atoms with Gasteiger partial charge in [-0.1, -0.05) is 6.07 Å². The number of nitrogens with one attached hydrogen (secondary N) is 1. The number of carbonyl (C=O) groups is 1. The maximum absolute atomic E-state index is 12.2. The second-order valence-electron chi connectivity index (χ2n) is 3.97. The molecule has 0 saturated carbocycles. The first-order valence-corrected chi connectivity index (χ1v) is 5.66. The molecule has 0 aromatic carbocycles. The Bertz CT molecular complexity index is 380. The molecule has 2 N–H and O–H groups in total. The minimum atomic E-state index is -0.161. The molecule has 0 aliphatic rings. The second-order valence-corrected chi connectivity index (χ2v) is 3.97. The standard InChI is InChI=1S/C12H19N3O2/c1-9(2)15(7-8-16)12(17)10-5-4-6-11(13-3)14-10/h4-6,9,16H,7-8H2,1-3H3,(H,13,14). The Morgan fingerprint density at radius 1 is 1.53 bits per heavy atom. The second kappa shape index (κ2) is 6.20. The van der Waals surface area contributed by atoms with Gasteiger partial charge in [0.1, 0.15) is 11.5 Å². The highest BCUT2D eigenvalue weighted by molar-refractivity contribution is 5.92. The number of carbonyl (C=O) groups excluding carboxylic acids is 1. The van der Waals surface area contributed by atoms with Crippen LogP contribution in [0.4, 0.5) is 5.82 Å². The number of aliphatic hydroxyl groups is 1. The lowest BCUT2D eigenvalue weighted by Gasteiger charge is -2.25. The van der Waals surface area contributed by atoms with E-state index in [1.807, 2.05) is 13.8 Å². The monoisotopic (exact) mass is 237 g/mol. The molecule has 1 aromatic rings. The van der Waals surface area contributed by atoms with Crippen LogP contribution < -0.4 is 5.32 Å². The zero-order chi connectivity index (χ0) is 12.8. The molecule has 0 aliphatic heterocycles. The Morgan fingerprint density at radius 3 is 2.76 bits per heavy atom. The summed E-state index contributed by atoms with van der Waals surface area (Å²) >= 11 is 0. The maximum Gasteiger partial charge on any atom is 0.272 e. The molecule has 0 bridgehead atoms. The average Bonchev–Trinajstić information content (AvgIpc) is 2.34. The van der Waals surface area contributed by atoms with Crippen LogP contribution in [0.25, 0.3) is 0 Å². The topological polar surface area (TPSA) is 65.5 Å². The molecule has 1 aromatic heterocycles. The van der Waals surface area contributed by atoms with Crippen LogP contribution in [0.15, 0.2) is 18.2 Å². The number of amides is 1. The van der Waals surface area contributed by atoms with E-state index >= 15 is 0 Å². The summed E-state index contributed by atoms with van der Waals surface area (Å²) in [5, 5.41) is 11.8. The summed E-state index contributed by atoms with van der Waals surface area (Å²) < 4.78 is 0. The number of pyridine rings is 1. The Kier molecular flexibility index (Phi) is 4.90. The Balaban J connectivity index is 2.92. The van der Waals surface area contributed by atoms with Gasteiger partial charge < -0.3 is 15.3 Å². The van der Waals surface area contributed by atoms with E-state index in [-0.39, 0.29) is 18.6 Å². The first-order valence-electron chi connectivity index (χ1n) is 5.66. The lowest BCUT2D eigenvalue weighted by molar-refractivity contribution is 0.0659. The summed E-state index contributed by atoms with van der Waals surface area (Å²) in [6.07, 6.45) is 0. The fourth-order valence-corrected chi connectivity index (χ4v) is 1.54. The fraction of sp³-hybridized carbons (Fsp3) is 0.500. The summed E-state index contributed by atoms with van der Waals surface area (Å²) in [6, 6.07) is 5.29. The third kappa shape index (κ3) is 3.42. The molecule has 1 amide bonds. The van der Waals surface area contributed by atoms with Crippen molar-refractivity contribution < 1.29 is 9.90 Å².